The van der Waals surface area contributed by atoms with E-state index < -0.39 is 0 Å². The Bertz CT molecular complexity index is 1710. The normalized spacial score (nSPS) is 18.8. The van der Waals surface area contributed by atoms with Gasteiger partial charge in [0.1, 0.15) is 17.3 Å². The predicted octanol–water partition coefficient (Wildman–Crippen LogP) is 6.68. The Labute approximate surface area is 264 Å². The Morgan fingerprint density at radius 1 is 1.11 bits per heavy atom. The fourth-order valence-corrected chi connectivity index (χ4v) is 6.29. The molecule has 1 atom stereocenters. The summed E-state index contributed by atoms with van der Waals surface area (Å²) in [4.78, 5) is 32.5. The first-order chi connectivity index (χ1) is 21.7. The van der Waals surface area contributed by atoms with Gasteiger partial charge in [-0.15, -0.1) is 0 Å². The van der Waals surface area contributed by atoms with E-state index in [0.717, 1.165) is 84.8 Å². The van der Waals surface area contributed by atoms with E-state index in [2.05, 4.69) is 32.3 Å². The van der Waals surface area contributed by atoms with Gasteiger partial charge in [0.05, 0.1) is 23.4 Å². The molecule has 2 aliphatic heterocycles. The lowest BCUT2D eigenvalue weighted by molar-refractivity contribution is -0.133. The summed E-state index contributed by atoms with van der Waals surface area (Å²) < 4.78 is 7.48. The maximum atomic E-state index is 13.1. The van der Waals surface area contributed by atoms with Crippen LogP contribution in [0, 0.1) is 0 Å². The van der Waals surface area contributed by atoms with E-state index in [-0.39, 0.29) is 29.7 Å². The molecular formula is C35H43N7O3. The number of carbonyl (C=O) groups excluding carboxylic acids is 2. The van der Waals surface area contributed by atoms with E-state index in [1.54, 1.807) is 6.07 Å². The van der Waals surface area contributed by atoms with Crippen molar-refractivity contribution < 1.29 is 14.1 Å². The lowest BCUT2D eigenvalue weighted by atomic mass is 9.93. The van der Waals surface area contributed by atoms with Crippen LogP contribution in [0.4, 0.5) is 11.6 Å². The van der Waals surface area contributed by atoms with Gasteiger partial charge in [0.15, 0.2) is 5.82 Å². The summed E-state index contributed by atoms with van der Waals surface area (Å²) in [7, 11) is 0. The van der Waals surface area contributed by atoms with Crippen molar-refractivity contribution in [3.63, 3.8) is 0 Å². The minimum absolute atomic E-state index is 0.0383. The van der Waals surface area contributed by atoms with Crippen LogP contribution < -0.4 is 11.1 Å². The summed E-state index contributed by atoms with van der Waals surface area (Å²) in [5, 5.41) is 12.8. The van der Waals surface area contributed by atoms with E-state index in [1.165, 1.54) is 0 Å². The number of rotatable bonds is 4. The highest BCUT2D eigenvalue weighted by atomic mass is 16.5. The van der Waals surface area contributed by atoms with Crippen molar-refractivity contribution in [1.29, 1.82) is 0 Å². The van der Waals surface area contributed by atoms with Crippen molar-refractivity contribution in [2.75, 3.05) is 24.1 Å². The number of nitrogens with zero attached hydrogens (tertiary/aromatic N) is 5. The number of allylic oxidation sites excluding steroid dienone is 1. The molecule has 2 bridgehead atoms. The van der Waals surface area contributed by atoms with Gasteiger partial charge in [0, 0.05) is 48.3 Å². The average Bonchev–Trinajstić information content (AvgIpc) is 3.66. The highest BCUT2D eigenvalue weighted by Crippen LogP contribution is 2.37. The second-order valence-corrected chi connectivity index (χ2v) is 13.4. The summed E-state index contributed by atoms with van der Waals surface area (Å²) in [5.41, 5.74) is 10.8. The van der Waals surface area contributed by atoms with E-state index >= 15 is 0 Å². The summed E-state index contributed by atoms with van der Waals surface area (Å²) >= 11 is 0. The van der Waals surface area contributed by atoms with Gasteiger partial charge in [0.25, 0.3) is 0 Å². The van der Waals surface area contributed by atoms with Crippen LogP contribution in [0.15, 0.2) is 47.1 Å². The SMILES string of the molecule is CC(C)(C)c1cc(NC(=O)Cc2ccc(-c3nn4c5c(cnc(N)c35)/C=C/CCCCCCC(=O)N3CCC[C@@H]4C3)cc2)no1. The molecule has 1 aromatic carbocycles. The van der Waals surface area contributed by atoms with Crippen molar-refractivity contribution in [3.8, 4) is 11.3 Å². The number of anilines is 2. The molecule has 1 saturated heterocycles. The first-order valence-electron chi connectivity index (χ1n) is 16.1. The lowest BCUT2D eigenvalue weighted by Crippen LogP contribution is -2.40. The van der Waals surface area contributed by atoms with Crippen molar-refractivity contribution in [1.82, 2.24) is 24.8 Å². The number of nitrogen functional groups attached to an aromatic ring is 1. The Kier molecular flexibility index (Phi) is 8.74. The van der Waals surface area contributed by atoms with Crippen molar-refractivity contribution in [2.24, 2.45) is 0 Å². The number of nitrogens with two attached hydrogens (primary N) is 1. The second kappa shape index (κ2) is 12.9. The molecule has 236 valence electrons. The smallest absolute Gasteiger partial charge is 0.230 e. The molecule has 10 heteroatoms. The molecule has 0 saturated carbocycles. The molecular weight excluding hydrogens is 566 g/mol. The zero-order valence-electron chi connectivity index (χ0n) is 26.5. The summed E-state index contributed by atoms with van der Waals surface area (Å²) in [6.07, 6.45) is 14.1. The molecule has 4 aromatic rings. The summed E-state index contributed by atoms with van der Waals surface area (Å²) in [5.74, 6) is 1.61. The number of aromatic nitrogens is 4. The summed E-state index contributed by atoms with van der Waals surface area (Å²) in [6.45, 7) is 7.52. The van der Waals surface area contributed by atoms with E-state index in [1.807, 2.05) is 56.1 Å². The topological polar surface area (TPSA) is 132 Å². The minimum Gasteiger partial charge on any atom is -0.383 e. The van der Waals surface area contributed by atoms with Crippen LogP contribution in [0.2, 0.25) is 0 Å². The zero-order chi connectivity index (χ0) is 31.6. The molecule has 0 radical (unpaired) electrons. The van der Waals surface area contributed by atoms with Gasteiger partial charge in [-0.25, -0.2) is 4.98 Å². The molecule has 2 aliphatic rings. The third-order valence-corrected chi connectivity index (χ3v) is 8.80. The number of carbonyl (C=O) groups is 2. The Morgan fingerprint density at radius 2 is 1.91 bits per heavy atom. The van der Waals surface area contributed by atoms with Gasteiger partial charge in [0.2, 0.25) is 11.8 Å². The Balaban J connectivity index is 1.30. The van der Waals surface area contributed by atoms with Crippen LogP contribution in [0.1, 0.15) is 95.1 Å². The molecule has 45 heavy (non-hydrogen) atoms. The molecule has 6 rings (SSSR count). The van der Waals surface area contributed by atoms with Crippen molar-refractivity contribution in [3.05, 3.63) is 59.5 Å². The third kappa shape index (κ3) is 6.79. The van der Waals surface area contributed by atoms with Gasteiger partial charge in [-0.05, 0) is 37.7 Å². The van der Waals surface area contributed by atoms with Crippen LogP contribution in [0.25, 0.3) is 28.2 Å². The van der Waals surface area contributed by atoms with Gasteiger partial charge >= 0.3 is 0 Å². The number of benzene rings is 1. The van der Waals surface area contributed by atoms with Crippen LogP contribution in [0.3, 0.4) is 0 Å². The van der Waals surface area contributed by atoms with Crippen LogP contribution in [-0.2, 0) is 21.4 Å². The maximum Gasteiger partial charge on any atom is 0.230 e. The van der Waals surface area contributed by atoms with Crippen LogP contribution in [-0.4, -0.2) is 49.7 Å². The van der Waals surface area contributed by atoms with Gasteiger partial charge in [-0.3, -0.25) is 14.3 Å². The van der Waals surface area contributed by atoms with Gasteiger partial charge < -0.3 is 20.5 Å². The largest absolute Gasteiger partial charge is 0.383 e. The Hall–Kier alpha value is -4.47. The maximum absolute atomic E-state index is 13.1. The number of pyridine rings is 1. The lowest BCUT2D eigenvalue weighted by Gasteiger charge is -2.33. The first-order valence-corrected chi connectivity index (χ1v) is 16.1. The highest BCUT2D eigenvalue weighted by molar-refractivity contribution is 6.03. The number of amides is 2. The number of hydrogen-bond donors (Lipinski definition) is 2. The molecule has 3 aromatic heterocycles. The third-order valence-electron chi connectivity index (χ3n) is 8.80. The molecule has 10 nitrogen and oxygen atoms in total. The number of hydrogen-bond acceptors (Lipinski definition) is 7. The van der Waals surface area contributed by atoms with Gasteiger partial charge in [-0.2, -0.15) is 5.10 Å². The van der Waals surface area contributed by atoms with E-state index in [0.29, 0.717) is 30.4 Å². The van der Waals surface area contributed by atoms with Gasteiger partial charge in [-0.1, -0.05) is 75.2 Å². The number of nitrogens with one attached hydrogen (secondary N) is 1. The molecule has 0 aliphatic carbocycles. The highest BCUT2D eigenvalue weighted by Gasteiger charge is 2.29. The van der Waals surface area contributed by atoms with E-state index in [4.69, 9.17) is 15.4 Å². The van der Waals surface area contributed by atoms with Crippen LogP contribution in [0.5, 0.6) is 0 Å². The standard InChI is InChI=1S/C35H43N7O3/c1-35(2,3)27-20-28(40-45-27)38-29(43)19-23-14-16-24(17-15-23)32-31-33-25(21-37-34(31)36)11-8-6-4-5-7-9-13-30(44)41-18-10-12-26(22-41)42(33)39-32/h8,11,14-17,20-21,26H,4-7,9-10,12-13,18-19,22H2,1-3H3,(H2,36,37)(H,38,40,43)/b11-8+/t26-/m1/s1. The predicted molar refractivity (Wildman–Crippen MR) is 177 cm³/mol. The summed E-state index contributed by atoms with van der Waals surface area (Å²) in [6, 6.07) is 9.64. The zero-order valence-corrected chi connectivity index (χ0v) is 26.5. The van der Waals surface area contributed by atoms with E-state index in [9.17, 15) is 9.59 Å². The molecule has 1 fully saturated rings. The average molecular weight is 610 g/mol. The molecule has 0 spiro atoms. The monoisotopic (exact) mass is 609 g/mol. The fraction of sp³-hybridized carbons (Fsp3) is 0.457. The Morgan fingerprint density at radius 3 is 2.69 bits per heavy atom. The van der Waals surface area contributed by atoms with Crippen molar-refractivity contribution >= 4 is 40.4 Å². The fourth-order valence-electron chi connectivity index (χ4n) is 6.29. The van der Waals surface area contributed by atoms with Crippen molar-refractivity contribution in [2.45, 2.75) is 90.0 Å². The quantitative estimate of drug-likeness (QED) is 0.264. The minimum atomic E-state index is -0.195. The molecule has 5 heterocycles. The van der Waals surface area contributed by atoms with Crippen LogP contribution >= 0.6 is 0 Å². The second-order valence-electron chi connectivity index (χ2n) is 13.4. The molecule has 2 amide bonds. The number of piperidine rings is 1. The molecule has 3 N–H and O–H groups in total. The number of fused-ring (bicyclic) bond motifs is 3. The first kappa shape index (κ1) is 30.6. The molecule has 0 unspecified atom stereocenters.